The molecule has 92 valence electrons. The summed E-state index contributed by atoms with van der Waals surface area (Å²) in [4.78, 5) is 2.25. The van der Waals surface area contributed by atoms with Crippen LogP contribution >= 0.6 is 0 Å². The fourth-order valence-corrected chi connectivity index (χ4v) is 3.11. The van der Waals surface area contributed by atoms with E-state index in [0.29, 0.717) is 11.7 Å². The van der Waals surface area contributed by atoms with E-state index in [-0.39, 0.29) is 0 Å². The first-order valence-corrected chi connectivity index (χ1v) is 6.54. The third-order valence-corrected chi connectivity index (χ3v) is 4.12. The molecule has 2 aliphatic rings. The van der Waals surface area contributed by atoms with Crippen molar-refractivity contribution in [3.63, 3.8) is 0 Å². The number of anilines is 1. The summed E-state index contributed by atoms with van der Waals surface area (Å²) in [5.74, 6) is 1.05. The van der Waals surface area contributed by atoms with Crippen LogP contribution in [0, 0.1) is 0 Å². The molecule has 0 spiro atoms. The van der Waals surface area contributed by atoms with Crippen LogP contribution in [0.3, 0.4) is 0 Å². The van der Waals surface area contributed by atoms with Gasteiger partial charge in [-0.2, -0.15) is 0 Å². The quantitative estimate of drug-likeness (QED) is 0.775. The van der Waals surface area contributed by atoms with Gasteiger partial charge < -0.3 is 15.3 Å². The van der Waals surface area contributed by atoms with Gasteiger partial charge in [-0.05, 0) is 37.4 Å². The van der Waals surface area contributed by atoms with Crippen LogP contribution in [0.2, 0.25) is 0 Å². The Balaban J connectivity index is 2.01. The lowest BCUT2D eigenvalue weighted by Crippen LogP contribution is -2.25. The van der Waals surface area contributed by atoms with Crippen molar-refractivity contribution in [3.8, 4) is 5.75 Å². The van der Waals surface area contributed by atoms with Crippen LogP contribution in [-0.4, -0.2) is 31.8 Å². The van der Waals surface area contributed by atoms with Crippen LogP contribution in [-0.2, 0) is 6.42 Å². The fourth-order valence-electron chi connectivity index (χ4n) is 3.11. The van der Waals surface area contributed by atoms with Gasteiger partial charge in [0.25, 0.3) is 0 Å². The number of rotatable bonds is 1. The molecule has 0 radical (unpaired) electrons. The minimum Gasteiger partial charge on any atom is -0.507 e. The number of phenolic OH excluding ortho intramolecular Hbond substituents is 1. The van der Waals surface area contributed by atoms with Crippen molar-refractivity contribution in [3.05, 3.63) is 23.3 Å². The molecule has 3 rings (SSSR count). The van der Waals surface area contributed by atoms with E-state index in [9.17, 15) is 5.11 Å². The van der Waals surface area contributed by atoms with Gasteiger partial charge >= 0.3 is 0 Å². The number of nitrogens with zero attached hydrogens (tertiary/aromatic N) is 1. The first kappa shape index (κ1) is 10.9. The number of aromatic hydroxyl groups is 1. The molecule has 2 N–H and O–H groups in total. The normalized spacial score (nSPS) is 23.8. The van der Waals surface area contributed by atoms with Crippen LogP contribution < -0.4 is 10.2 Å². The third kappa shape index (κ3) is 1.78. The highest BCUT2D eigenvalue weighted by Crippen LogP contribution is 2.39. The van der Waals surface area contributed by atoms with E-state index in [1.807, 2.05) is 0 Å². The predicted molar refractivity (Wildman–Crippen MR) is 69.9 cm³/mol. The maximum Gasteiger partial charge on any atom is 0.124 e. The summed E-state index contributed by atoms with van der Waals surface area (Å²) in [6, 6.07) is 4.30. The van der Waals surface area contributed by atoms with Crippen LogP contribution in [0.15, 0.2) is 12.1 Å². The summed E-state index contributed by atoms with van der Waals surface area (Å²) in [6.45, 7) is 3.17. The largest absolute Gasteiger partial charge is 0.507 e. The van der Waals surface area contributed by atoms with Gasteiger partial charge in [-0.25, -0.2) is 0 Å². The smallest absolute Gasteiger partial charge is 0.124 e. The average molecular weight is 232 g/mol. The minimum absolute atomic E-state index is 0.493. The van der Waals surface area contributed by atoms with Crippen LogP contribution in [0.25, 0.3) is 0 Å². The van der Waals surface area contributed by atoms with Crippen molar-refractivity contribution < 1.29 is 5.11 Å². The molecule has 1 atom stereocenters. The Morgan fingerprint density at radius 1 is 1.41 bits per heavy atom. The highest BCUT2D eigenvalue weighted by atomic mass is 16.3. The molecule has 1 fully saturated rings. The van der Waals surface area contributed by atoms with Crippen LogP contribution in [0.5, 0.6) is 5.75 Å². The molecule has 1 aromatic carbocycles. The van der Waals surface area contributed by atoms with E-state index in [4.69, 9.17) is 0 Å². The van der Waals surface area contributed by atoms with E-state index in [1.54, 1.807) is 0 Å². The van der Waals surface area contributed by atoms with Gasteiger partial charge in [-0.15, -0.1) is 0 Å². The second-order valence-corrected chi connectivity index (χ2v) is 5.22. The Labute approximate surface area is 102 Å². The van der Waals surface area contributed by atoms with Crippen LogP contribution in [0.1, 0.15) is 29.9 Å². The molecular formula is C14H20N2O. The van der Waals surface area contributed by atoms with Gasteiger partial charge in [0.1, 0.15) is 5.75 Å². The number of benzene rings is 1. The summed E-state index contributed by atoms with van der Waals surface area (Å²) in [6.07, 6.45) is 3.30. The van der Waals surface area contributed by atoms with Gasteiger partial charge in [0.05, 0.1) is 0 Å². The molecule has 1 aromatic rings. The van der Waals surface area contributed by atoms with Crippen molar-refractivity contribution in [2.24, 2.45) is 0 Å². The minimum atomic E-state index is 0.493. The average Bonchev–Trinajstić information content (AvgIpc) is 2.84. The number of fused-ring (bicyclic) bond motifs is 1. The van der Waals surface area contributed by atoms with Crippen molar-refractivity contribution >= 4 is 5.69 Å². The van der Waals surface area contributed by atoms with Crippen molar-refractivity contribution in [1.82, 2.24) is 5.32 Å². The standard InChI is InChI=1S/C14H20N2O/c1-16-8-2-3-12-13(16)5-4-11(14(12)17)10-6-7-15-9-10/h4-5,10,15,17H,2-3,6-9H2,1H3. The first-order valence-electron chi connectivity index (χ1n) is 6.54. The third-order valence-electron chi connectivity index (χ3n) is 4.12. The molecule has 0 aromatic heterocycles. The zero-order chi connectivity index (χ0) is 11.8. The number of hydrogen-bond acceptors (Lipinski definition) is 3. The summed E-state index contributed by atoms with van der Waals surface area (Å²) in [5.41, 5.74) is 3.51. The predicted octanol–water partition coefficient (Wildman–Crippen LogP) is 1.85. The lowest BCUT2D eigenvalue weighted by molar-refractivity contribution is 0.453. The highest BCUT2D eigenvalue weighted by Gasteiger charge is 2.24. The van der Waals surface area contributed by atoms with Crippen molar-refractivity contribution in [1.29, 1.82) is 0 Å². The van der Waals surface area contributed by atoms with Gasteiger partial charge in [0.2, 0.25) is 0 Å². The van der Waals surface area contributed by atoms with Gasteiger partial charge in [0.15, 0.2) is 0 Å². The van der Waals surface area contributed by atoms with Gasteiger partial charge in [-0.3, -0.25) is 0 Å². The van der Waals surface area contributed by atoms with Crippen LogP contribution in [0.4, 0.5) is 5.69 Å². The molecule has 3 nitrogen and oxygen atoms in total. The SMILES string of the molecule is CN1CCCc2c1ccc(C1CCNC1)c2O. The molecule has 0 amide bonds. The Morgan fingerprint density at radius 3 is 3.06 bits per heavy atom. The van der Waals surface area contributed by atoms with Crippen molar-refractivity contribution in [2.75, 3.05) is 31.6 Å². The topological polar surface area (TPSA) is 35.5 Å². The Bertz CT molecular complexity index is 424. The van der Waals surface area contributed by atoms with Crippen molar-refractivity contribution in [2.45, 2.75) is 25.2 Å². The molecule has 0 bridgehead atoms. The maximum atomic E-state index is 10.5. The Morgan fingerprint density at radius 2 is 2.29 bits per heavy atom. The van der Waals surface area contributed by atoms with E-state index >= 15 is 0 Å². The van der Waals surface area contributed by atoms with E-state index in [1.165, 1.54) is 5.69 Å². The Hall–Kier alpha value is -1.22. The lowest BCUT2D eigenvalue weighted by atomic mass is 9.91. The zero-order valence-corrected chi connectivity index (χ0v) is 10.4. The summed E-state index contributed by atoms with van der Waals surface area (Å²) in [7, 11) is 2.11. The first-order chi connectivity index (χ1) is 8.27. The van der Waals surface area contributed by atoms with E-state index in [2.05, 4.69) is 29.4 Å². The lowest BCUT2D eigenvalue weighted by Gasteiger charge is -2.29. The molecule has 2 aliphatic heterocycles. The molecule has 3 heteroatoms. The molecule has 17 heavy (non-hydrogen) atoms. The van der Waals surface area contributed by atoms with E-state index in [0.717, 1.165) is 50.0 Å². The molecule has 0 aliphatic carbocycles. The highest BCUT2D eigenvalue weighted by molar-refractivity contribution is 5.63. The number of phenols is 1. The van der Waals surface area contributed by atoms with Gasteiger partial charge in [0, 0.05) is 37.3 Å². The molecular weight excluding hydrogens is 212 g/mol. The summed E-state index contributed by atoms with van der Waals surface area (Å²) >= 11 is 0. The van der Waals surface area contributed by atoms with E-state index < -0.39 is 0 Å². The second kappa shape index (κ2) is 4.22. The molecule has 0 saturated carbocycles. The number of nitrogens with one attached hydrogen (secondary N) is 1. The fraction of sp³-hybridized carbons (Fsp3) is 0.571. The molecule has 1 saturated heterocycles. The summed E-state index contributed by atoms with van der Waals surface area (Å²) in [5, 5.41) is 13.8. The second-order valence-electron chi connectivity index (χ2n) is 5.22. The maximum absolute atomic E-state index is 10.5. The molecule has 2 heterocycles. The summed E-state index contributed by atoms with van der Waals surface area (Å²) < 4.78 is 0. The van der Waals surface area contributed by atoms with Gasteiger partial charge in [-0.1, -0.05) is 6.07 Å². The molecule has 1 unspecified atom stereocenters. The number of hydrogen-bond donors (Lipinski definition) is 2. The zero-order valence-electron chi connectivity index (χ0n) is 10.4. The monoisotopic (exact) mass is 232 g/mol. The Kier molecular flexibility index (Phi) is 2.71.